The lowest BCUT2D eigenvalue weighted by Gasteiger charge is -2.14. The Balaban J connectivity index is 1.84. The molecule has 0 atom stereocenters. The minimum atomic E-state index is -1.01. The van der Waals surface area contributed by atoms with Crippen LogP contribution in [0.15, 0.2) is 71.2 Å². The van der Waals surface area contributed by atoms with E-state index < -0.39 is 5.97 Å². The summed E-state index contributed by atoms with van der Waals surface area (Å²) in [6.07, 6.45) is 3.81. The maximum atomic E-state index is 12.7. The van der Waals surface area contributed by atoms with E-state index in [9.17, 15) is 9.59 Å². The summed E-state index contributed by atoms with van der Waals surface area (Å²) < 4.78 is 0.428. The van der Waals surface area contributed by atoms with Crippen molar-refractivity contribution in [3.63, 3.8) is 0 Å². The molecule has 4 nitrogen and oxygen atoms in total. The van der Waals surface area contributed by atoms with Crippen molar-refractivity contribution in [3.8, 4) is 0 Å². The molecule has 1 amide bonds. The molecule has 1 aliphatic rings. The normalized spacial score (nSPS) is 16.4. The van der Waals surface area contributed by atoms with Crippen LogP contribution in [-0.4, -0.2) is 21.3 Å². The molecule has 1 N–H and O–H groups in total. The zero-order valence-electron chi connectivity index (χ0n) is 13.9. The van der Waals surface area contributed by atoms with Gasteiger partial charge in [0.2, 0.25) is 0 Å². The number of anilines is 1. The molecule has 0 aliphatic carbocycles. The number of carboxylic acid groups (broad SMARTS) is 1. The number of thioether (sulfide) groups is 1. The molecule has 1 saturated heterocycles. The van der Waals surface area contributed by atoms with Crippen LogP contribution in [0.1, 0.15) is 22.8 Å². The van der Waals surface area contributed by atoms with Gasteiger partial charge in [0, 0.05) is 0 Å². The molecule has 0 aromatic heterocycles. The van der Waals surface area contributed by atoms with Gasteiger partial charge in [-0.05, 0) is 48.4 Å². The highest BCUT2D eigenvalue weighted by Gasteiger charge is 2.33. The Bertz CT molecular complexity index is 931. The number of amides is 1. The Morgan fingerprint density at radius 1 is 1.12 bits per heavy atom. The topological polar surface area (TPSA) is 57.6 Å². The van der Waals surface area contributed by atoms with Gasteiger partial charge in [0.05, 0.1) is 16.2 Å². The van der Waals surface area contributed by atoms with Crippen molar-refractivity contribution in [2.45, 2.75) is 6.92 Å². The molecule has 0 bridgehead atoms. The second-order valence-electron chi connectivity index (χ2n) is 5.67. The van der Waals surface area contributed by atoms with Gasteiger partial charge in [-0.15, -0.1) is 0 Å². The fourth-order valence-electron chi connectivity index (χ4n) is 2.50. The number of carbonyl (C=O) groups is 2. The summed E-state index contributed by atoms with van der Waals surface area (Å²) >= 11 is 6.57. The Kier molecular flexibility index (Phi) is 5.35. The highest BCUT2D eigenvalue weighted by atomic mass is 32.2. The molecule has 0 radical (unpaired) electrons. The first kappa shape index (κ1) is 18.1. The molecule has 6 heteroatoms. The van der Waals surface area contributed by atoms with Gasteiger partial charge in [-0.25, -0.2) is 4.79 Å². The standard InChI is InChI=1S/C20H15NO3S2/c1-13(11-14-5-3-2-4-6-14)12-17-18(22)21(20(25)26-17)16-9-7-15(8-10-16)19(23)24/h2-12H,1H3,(H,23,24)/b13-11+,17-12-. The van der Waals surface area contributed by atoms with Gasteiger partial charge in [0.15, 0.2) is 4.32 Å². The summed E-state index contributed by atoms with van der Waals surface area (Å²) in [5, 5.41) is 8.98. The Hall–Kier alpha value is -2.70. The summed E-state index contributed by atoms with van der Waals surface area (Å²) in [5.41, 5.74) is 2.72. The minimum Gasteiger partial charge on any atom is -0.478 e. The van der Waals surface area contributed by atoms with Crippen LogP contribution in [0, 0.1) is 0 Å². The van der Waals surface area contributed by atoms with Crippen molar-refractivity contribution in [1.82, 2.24) is 0 Å². The maximum absolute atomic E-state index is 12.7. The van der Waals surface area contributed by atoms with Gasteiger partial charge in [-0.1, -0.05) is 60.4 Å². The summed E-state index contributed by atoms with van der Waals surface area (Å²) in [6, 6.07) is 15.9. The summed E-state index contributed by atoms with van der Waals surface area (Å²) in [4.78, 5) is 25.7. The van der Waals surface area contributed by atoms with Gasteiger partial charge in [-0.2, -0.15) is 0 Å². The van der Waals surface area contributed by atoms with Crippen molar-refractivity contribution < 1.29 is 14.7 Å². The maximum Gasteiger partial charge on any atom is 0.335 e. The van der Waals surface area contributed by atoms with Gasteiger partial charge in [0.1, 0.15) is 0 Å². The molecular weight excluding hydrogens is 366 g/mol. The van der Waals surface area contributed by atoms with E-state index in [1.54, 1.807) is 12.1 Å². The first-order valence-electron chi connectivity index (χ1n) is 7.80. The van der Waals surface area contributed by atoms with Crippen molar-refractivity contribution in [2.24, 2.45) is 0 Å². The van der Waals surface area contributed by atoms with Crippen molar-refractivity contribution in [3.05, 3.63) is 82.3 Å². The molecule has 0 unspecified atom stereocenters. The van der Waals surface area contributed by atoms with E-state index in [0.717, 1.165) is 11.1 Å². The molecular formula is C20H15NO3S2. The van der Waals surface area contributed by atoms with E-state index in [1.807, 2.05) is 49.4 Å². The Labute approximate surface area is 160 Å². The van der Waals surface area contributed by atoms with E-state index in [-0.39, 0.29) is 11.5 Å². The highest BCUT2D eigenvalue weighted by molar-refractivity contribution is 8.27. The van der Waals surface area contributed by atoms with E-state index >= 15 is 0 Å². The van der Waals surface area contributed by atoms with Crippen molar-refractivity contribution in [2.75, 3.05) is 4.90 Å². The van der Waals surface area contributed by atoms with Crippen molar-refractivity contribution in [1.29, 1.82) is 0 Å². The van der Waals surface area contributed by atoms with Gasteiger partial charge < -0.3 is 5.11 Å². The minimum absolute atomic E-state index is 0.163. The smallest absolute Gasteiger partial charge is 0.335 e. The monoisotopic (exact) mass is 381 g/mol. The molecule has 3 rings (SSSR count). The fourth-order valence-corrected chi connectivity index (χ4v) is 3.85. The lowest BCUT2D eigenvalue weighted by atomic mass is 10.1. The van der Waals surface area contributed by atoms with Crippen LogP contribution in [-0.2, 0) is 4.79 Å². The number of carboxylic acids is 1. The van der Waals surface area contributed by atoms with E-state index in [1.165, 1.54) is 28.8 Å². The van der Waals surface area contributed by atoms with Crippen LogP contribution in [0.5, 0.6) is 0 Å². The molecule has 2 aromatic rings. The summed E-state index contributed by atoms with van der Waals surface area (Å²) in [6.45, 7) is 1.93. The lowest BCUT2D eigenvalue weighted by Crippen LogP contribution is -2.27. The van der Waals surface area contributed by atoms with Crippen LogP contribution < -0.4 is 4.90 Å². The molecule has 130 valence electrons. The SMILES string of the molecule is CC(/C=C1\SC(=S)N(c2ccc(C(=O)O)cc2)C1=O)=C\c1ccccc1. The number of benzene rings is 2. The molecule has 0 spiro atoms. The largest absolute Gasteiger partial charge is 0.478 e. The second-order valence-corrected chi connectivity index (χ2v) is 7.34. The fraction of sp³-hybridized carbons (Fsp3) is 0.0500. The molecule has 26 heavy (non-hydrogen) atoms. The van der Waals surface area contributed by atoms with E-state index in [4.69, 9.17) is 17.3 Å². The third-order valence-corrected chi connectivity index (χ3v) is 5.02. The van der Waals surface area contributed by atoms with Crippen molar-refractivity contribution >= 4 is 51.9 Å². The zero-order valence-corrected chi connectivity index (χ0v) is 15.5. The van der Waals surface area contributed by atoms with Crippen LogP contribution in [0.25, 0.3) is 6.08 Å². The number of hydrogen-bond acceptors (Lipinski definition) is 4. The molecule has 2 aromatic carbocycles. The van der Waals surface area contributed by atoms with E-state index in [0.29, 0.717) is 14.9 Å². The first-order chi connectivity index (χ1) is 12.5. The third kappa shape index (κ3) is 3.92. The predicted molar refractivity (Wildman–Crippen MR) is 109 cm³/mol. The molecule has 1 fully saturated rings. The molecule has 0 saturated carbocycles. The quantitative estimate of drug-likeness (QED) is 0.612. The zero-order chi connectivity index (χ0) is 18.7. The summed E-state index contributed by atoms with van der Waals surface area (Å²) in [5.74, 6) is -1.22. The number of allylic oxidation sites excluding steroid dienone is 2. The average Bonchev–Trinajstić information content (AvgIpc) is 2.89. The summed E-state index contributed by atoms with van der Waals surface area (Å²) in [7, 11) is 0. The van der Waals surface area contributed by atoms with Crippen LogP contribution >= 0.6 is 24.0 Å². The number of nitrogens with zero attached hydrogens (tertiary/aromatic N) is 1. The van der Waals surface area contributed by atoms with E-state index in [2.05, 4.69) is 0 Å². The number of carbonyl (C=O) groups excluding carboxylic acids is 1. The first-order valence-corrected chi connectivity index (χ1v) is 9.03. The molecule has 1 aliphatic heterocycles. The predicted octanol–water partition coefficient (Wildman–Crippen LogP) is 4.74. The van der Waals surface area contributed by atoms with Gasteiger partial charge >= 0.3 is 5.97 Å². The number of rotatable bonds is 4. The number of aromatic carboxylic acids is 1. The van der Waals surface area contributed by atoms with Crippen LogP contribution in [0.2, 0.25) is 0 Å². The Morgan fingerprint density at radius 2 is 1.77 bits per heavy atom. The average molecular weight is 381 g/mol. The third-order valence-electron chi connectivity index (χ3n) is 3.72. The van der Waals surface area contributed by atoms with Gasteiger partial charge in [0.25, 0.3) is 5.91 Å². The highest BCUT2D eigenvalue weighted by Crippen LogP contribution is 2.35. The van der Waals surface area contributed by atoms with Gasteiger partial charge in [-0.3, -0.25) is 9.69 Å². The second kappa shape index (κ2) is 7.68. The van der Waals surface area contributed by atoms with Crippen LogP contribution in [0.3, 0.4) is 0 Å². The molecule has 1 heterocycles. The van der Waals surface area contributed by atoms with Crippen LogP contribution in [0.4, 0.5) is 5.69 Å². The number of hydrogen-bond donors (Lipinski definition) is 1. The number of thiocarbonyl (C=S) groups is 1. The lowest BCUT2D eigenvalue weighted by molar-refractivity contribution is -0.113. The Morgan fingerprint density at radius 3 is 2.38 bits per heavy atom.